The lowest BCUT2D eigenvalue weighted by molar-refractivity contribution is -0.137. The molecular formula is C20H32N4O3. The average Bonchev–Trinajstić information content (AvgIpc) is 2.69. The van der Waals surface area contributed by atoms with Gasteiger partial charge in [-0.1, -0.05) is 12.5 Å². The number of ketones is 1. The standard InChI is InChI=1S/C20H32N4O3/c21-9-3-1-2-7-18(25)20(8-5-11-23-14-20)15-24-17(12-19(26)27)16-6-4-10-22-13-16/h4,6,10,13,17,23-24H,1-3,5,7-9,11-12,14-15,21H2,(H,26,27). The van der Waals surface area contributed by atoms with Gasteiger partial charge in [-0.05, 0) is 50.4 Å². The van der Waals surface area contributed by atoms with Crippen LogP contribution in [0.1, 0.15) is 56.6 Å². The van der Waals surface area contributed by atoms with Crippen LogP contribution < -0.4 is 16.4 Å². The van der Waals surface area contributed by atoms with Gasteiger partial charge in [-0.3, -0.25) is 14.6 Å². The summed E-state index contributed by atoms with van der Waals surface area (Å²) < 4.78 is 0. The summed E-state index contributed by atoms with van der Waals surface area (Å²) in [5, 5.41) is 16.0. The molecule has 150 valence electrons. The summed E-state index contributed by atoms with van der Waals surface area (Å²) in [4.78, 5) is 28.4. The van der Waals surface area contributed by atoms with Crippen molar-refractivity contribution >= 4 is 11.8 Å². The number of pyridine rings is 1. The average molecular weight is 377 g/mol. The summed E-state index contributed by atoms with van der Waals surface area (Å²) in [6, 6.07) is 3.31. The summed E-state index contributed by atoms with van der Waals surface area (Å²) in [6.45, 7) is 2.69. The Balaban J connectivity index is 2.04. The molecule has 27 heavy (non-hydrogen) atoms. The van der Waals surface area contributed by atoms with Crippen molar-refractivity contribution in [2.75, 3.05) is 26.2 Å². The molecule has 0 spiro atoms. The summed E-state index contributed by atoms with van der Waals surface area (Å²) in [6.07, 6.45) is 8.41. The van der Waals surface area contributed by atoms with Gasteiger partial charge in [-0.25, -0.2) is 0 Å². The van der Waals surface area contributed by atoms with Gasteiger partial charge in [0.05, 0.1) is 11.8 Å². The van der Waals surface area contributed by atoms with Crippen molar-refractivity contribution < 1.29 is 14.7 Å². The second-order valence-corrected chi connectivity index (χ2v) is 7.40. The number of hydrogen-bond donors (Lipinski definition) is 4. The van der Waals surface area contributed by atoms with Gasteiger partial charge in [-0.2, -0.15) is 0 Å². The second kappa shape index (κ2) is 11.1. The van der Waals surface area contributed by atoms with E-state index in [0.29, 0.717) is 26.1 Å². The molecule has 2 rings (SSSR count). The van der Waals surface area contributed by atoms with E-state index < -0.39 is 11.4 Å². The number of nitrogens with zero attached hydrogens (tertiary/aromatic N) is 1. The number of nitrogens with two attached hydrogens (primary N) is 1. The van der Waals surface area contributed by atoms with E-state index in [2.05, 4.69) is 15.6 Å². The van der Waals surface area contributed by atoms with Crippen molar-refractivity contribution in [2.24, 2.45) is 11.1 Å². The monoisotopic (exact) mass is 376 g/mol. The van der Waals surface area contributed by atoms with E-state index in [9.17, 15) is 14.7 Å². The quantitative estimate of drug-likeness (QED) is 0.410. The normalized spacial score (nSPS) is 20.9. The molecule has 7 nitrogen and oxygen atoms in total. The molecule has 0 saturated carbocycles. The Morgan fingerprint density at radius 2 is 2.22 bits per heavy atom. The molecule has 5 N–H and O–H groups in total. The fraction of sp³-hybridized carbons (Fsp3) is 0.650. The minimum atomic E-state index is -0.875. The first kappa shape index (κ1) is 21.5. The Morgan fingerprint density at radius 3 is 2.85 bits per heavy atom. The third-order valence-corrected chi connectivity index (χ3v) is 5.32. The summed E-state index contributed by atoms with van der Waals surface area (Å²) in [5.41, 5.74) is 5.89. The van der Waals surface area contributed by atoms with Gasteiger partial charge in [-0.15, -0.1) is 0 Å². The smallest absolute Gasteiger partial charge is 0.305 e. The number of hydrogen-bond acceptors (Lipinski definition) is 6. The molecule has 0 aliphatic carbocycles. The number of carbonyl (C=O) groups excluding carboxylic acids is 1. The molecule has 1 fully saturated rings. The van der Waals surface area contributed by atoms with Crippen LogP contribution in [-0.2, 0) is 9.59 Å². The minimum absolute atomic E-state index is 0.0418. The highest BCUT2D eigenvalue weighted by Crippen LogP contribution is 2.30. The molecule has 0 aromatic carbocycles. The third-order valence-electron chi connectivity index (χ3n) is 5.32. The molecule has 2 atom stereocenters. The first-order chi connectivity index (χ1) is 13.1. The van der Waals surface area contributed by atoms with Crippen LogP contribution in [0.25, 0.3) is 0 Å². The van der Waals surface area contributed by atoms with Crippen LogP contribution in [0.2, 0.25) is 0 Å². The molecule has 1 aromatic rings. The molecule has 1 saturated heterocycles. The molecule has 0 amide bonds. The fourth-order valence-corrected chi connectivity index (χ4v) is 3.71. The van der Waals surface area contributed by atoms with Crippen LogP contribution in [0.15, 0.2) is 24.5 Å². The van der Waals surface area contributed by atoms with E-state index in [1.54, 1.807) is 18.5 Å². The van der Waals surface area contributed by atoms with Crippen LogP contribution >= 0.6 is 0 Å². The zero-order valence-electron chi connectivity index (χ0n) is 16.0. The van der Waals surface area contributed by atoms with E-state index in [-0.39, 0.29) is 18.2 Å². The largest absolute Gasteiger partial charge is 0.481 e. The highest BCUT2D eigenvalue weighted by molar-refractivity contribution is 5.85. The highest BCUT2D eigenvalue weighted by Gasteiger charge is 2.39. The van der Waals surface area contributed by atoms with E-state index in [4.69, 9.17) is 5.73 Å². The maximum absolute atomic E-state index is 13.0. The predicted molar refractivity (Wildman–Crippen MR) is 104 cm³/mol. The number of aliphatic carboxylic acids is 1. The Kier molecular flexibility index (Phi) is 8.84. The van der Waals surface area contributed by atoms with Crippen LogP contribution in [0.5, 0.6) is 0 Å². The molecular weight excluding hydrogens is 344 g/mol. The number of rotatable bonds is 12. The van der Waals surface area contributed by atoms with Crippen molar-refractivity contribution in [1.29, 1.82) is 0 Å². The van der Waals surface area contributed by atoms with E-state index in [1.807, 2.05) is 6.07 Å². The van der Waals surface area contributed by atoms with Gasteiger partial charge in [0.25, 0.3) is 0 Å². The lowest BCUT2D eigenvalue weighted by atomic mass is 9.75. The molecule has 1 aliphatic rings. The van der Waals surface area contributed by atoms with Gasteiger partial charge in [0, 0.05) is 37.9 Å². The van der Waals surface area contributed by atoms with Crippen molar-refractivity contribution in [3.63, 3.8) is 0 Å². The molecule has 1 aliphatic heterocycles. The van der Waals surface area contributed by atoms with Gasteiger partial charge in [0.1, 0.15) is 5.78 Å². The van der Waals surface area contributed by atoms with Gasteiger partial charge >= 0.3 is 5.97 Å². The van der Waals surface area contributed by atoms with Crippen LogP contribution in [0.3, 0.4) is 0 Å². The number of carbonyl (C=O) groups is 2. The number of aromatic nitrogens is 1. The summed E-state index contributed by atoms with van der Waals surface area (Å²) >= 11 is 0. The summed E-state index contributed by atoms with van der Waals surface area (Å²) in [5.74, 6) is -0.611. The highest BCUT2D eigenvalue weighted by atomic mass is 16.4. The Bertz CT molecular complexity index is 588. The Morgan fingerprint density at radius 1 is 1.37 bits per heavy atom. The van der Waals surface area contributed by atoms with Crippen molar-refractivity contribution in [3.8, 4) is 0 Å². The number of unbranched alkanes of at least 4 members (excludes halogenated alkanes) is 2. The Labute approximate surface area is 161 Å². The molecule has 2 unspecified atom stereocenters. The zero-order chi connectivity index (χ0) is 19.5. The van der Waals surface area contributed by atoms with Crippen molar-refractivity contribution in [3.05, 3.63) is 30.1 Å². The topological polar surface area (TPSA) is 117 Å². The molecule has 1 aromatic heterocycles. The van der Waals surface area contributed by atoms with Gasteiger partial charge < -0.3 is 21.5 Å². The van der Waals surface area contributed by atoms with Crippen molar-refractivity contribution in [1.82, 2.24) is 15.6 Å². The van der Waals surface area contributed by atoms with E-state index >= 15 is 0 Å². The Hall–Kier alpha value is -1.83. The number of nitrogens with one attached hydrogen (secondary N) is 2. The van der Waals surface area contributed by atoms with Crippen LogP contribution in [-0.4, -0.2) is 48.0 Å². The van der Waals surface area contributed by atoms with Gasteiger partial charge in [0.15, 0.2) is 0 Å². The number of Topliss-reactive ketones (excluding diaryl/α,β-unsaturated/α-hetero) is 1. The third kappa shape index (κ3) is 6.68. The van der Waals surface area contributed by atoms with Crippen molar-refractivity contribution in [2.45, 2.75) is 51.0 Å². The molecule has 2 heterocycles. The molecule has 0 bridgehead atoms. The lowest BCUT2D eigenvalue weighted by Gasteiger charge is -2.38. The SMILES string of the molecule is NCCCCCC(=O)C1(CNC(CC(=O)O)c2cccnc2)CCCNC1. The van der Waals surface area contributed by atoms with E-state index in [1.165, 1.54) is 0 Å². The maximum atomic E-state index is 13.0. The number of piperidine rings is 1. The number of carboxylic acid groups (broad SMARTS) is 1. The number of carboxylic acids is 1. The molecule has 7 heteroatoms. The fourth-order valence-electron chi connectivity index (χ4n) is 3.71. The first-order valence-corrected chi connectivity index (χ1v) is 9.86. The lowest BCUT2D eigenvalue weighted by Crippen LogP contribution is -2.51. The maximum Gasteiger partial charge on any atom is 0.305 e. The van der Waals surface area contributed by atoms with E-state index in [0.717, 1.165) is 44.2 Å². The predicted octanol–water partition coefficient (Wildman–Crippen LogP) is 1.65. The summed E-state index contributed by atoms with van der Waals surface area (Å²) in [7, 11) is 0. The van der Waals surface area contributed by atoms with Gasteiger partial charge in [0.2, 0.25) is 0 Å². The minimum Gasteiger partial charge on any atom is -0.481 e. The first-order valence-electron chi connectivity index (χ1n) is 9.86. The zero-order valence-corrected chi connectivity index (χ0v) is 16.0. The molecule has 0 radical (unpaired) electrons. The second-order valence-electron chi connectivity index (χ2n) is 7.40. The van der Waals surface area contributed by atoms with Crippen LogP contribution in [0.4, 0.5) is 0 Å². The van der Waals surface area contributed by atoms with Crippen LogP contribution in [0, 0.1) is 5.41 Å².